The Balaban J connectivity index is 2.18. The molecule has 3 nitrogen and oxygen atoms in total. The summed E-state index contributed by atoms with van der Waals surface area (Å²) in [6.07, 6.45) is 0. The predicted molar refractivity (Wildman–Crippen MR) is 73.1 cm³/mol. The second-order valence-electron chi connectivity index (χ2n) is 4.34. The second-order valence-corrected chi connectivity index (χ2v) is 4.74. The quantitative estimate of drug-likeness (QED) is 0.757. The molecule has 1 N–H and O–H groups in total. The van der Waals surface area contributed by atoms with Crippen molar-refractivity contribution in [3.05, 3.63) is 28.8 Å². The molecule has 1 aromatic rings. The number of nitrogens with one attached hydrogen (secondary N) is 1. The molecule has 0 saturated carbocycles. The van der Waals surface area contributed by atoms with Gasteiger partial charge in [-0.05, 0) is 38.7 Å². The molecule has 0 amide bonds. The van der Waals surface area contributed by atoms with E-state index in [0.717, 1.165) is 30.9 Å². The van der Waals surface area contributed by atoms with Crippen LogP contribution in [0, 0.1) is 6.92 Å². The molecule has 0 unspecified atom stereocenters. The molecule has 1 rings (SSSR count). The van der Waals surface area contributed by atoms with Gasteiger partial charge in [0.25, 0.3) is 0 Å². The maximum atomic E-state index is 6.06. The van der Waals surface area contributed by atoms with E-state index in [0.29, 0.717) is 11.6 Å². The molecule has 0 fully saturated rings. The zero-order valence-corrected chi connectivity index (χ0v) is 11.5. The number of hydrogen-bond donors (Lipinski definition) is 1. The third-order valence-electron chi connectivity index (χ3n) is 2.36. The van der Waals surface area contributed by atoms with Gasteiger partial charge in [-0.25, -0.2) is 0 Å². The molecular weight excluding hydrogens is 236 g/mol. The Morgan fingerprint density at radius 1 is 1.29 bits per heavy atom. The van der Waals surface area contributed by atoms with Crippen LogP contribution in [0.3, 0.4) is 0 Å². The highest BCUT2D eigenvalue weighted by Gasteiger charge is 2.00. The van der Waals surface area contributed by atoms with Gasteiger partial charge < -0.3 is 15.0 Å². The van der Waals surface area contributed by atoms with E-state index < -0.39 is 0 Å². The molecule has 0 radical (unpaired) electrons. The van der Waals surface area contributed by atoms with Crippen LogP contribution >= 0.6 is 11.6 Å². The van der Waals surface area contributed by atoms with Crippen LogP contribution in [0.5, 0.6) is 5.75 Å². The van der Waals surface area contributed by atoms with Crippen LogP contribution in [0.25, 0.3) is 0 Å². The van der Waals surface area contributed by atoms with Crippen molar-refractivity contribution in [2.24, 2.45) is 0 Å². The van der Waals surface area contributed by atoms with Crippen molar-refractivity contribution in [2.75, 3.05) is 40.3 Å². The van der Waals surface area contributed by atoms with E-state index in [2.05, 4.69) is 24.3 Å². The van der Waals surface area contributed by atoms with E-state index in [1.807, 2.05) is 25.1 Å². The fourth-order valence-electron chi connectivity index (χ4n) is 1.38. The molecule has 17 heavy (non-hydrogen) atoms. The lowest BCUT2D eigenvalue weighted by molar-refractivity contribution is 0.308. The van der Waals surface area contributed by atoms with Gasteiger partial charge >= 0.3 is 0 Å². The lowest BCUT2D eigenvalue weighted by Gasteiger charge is -2.11. The summed E-state index contributed by atoms with van der Waals surface area (Å²) >= 11 is 6.06. The number of hydrogen-bond acceptors (Lipinski definition) is 3. The Labute approximate surface area is 109 Å². The summed E-state index contributed by atoms with van der Waals surface area (Å²) in [5, 5.41) is 3.99. The van der Waals surface area contributed by atoms with Crippen molar-refractivity contribution in [2.45, 2.75) is 6.92 Å². The van der Waals surface area contributed by atoms with Crippen molar-refractivity contribution in [3.8, 4) is 5.75 Å². The SMILES string of the molecule is Cc1ccc(OCCNCCN(C)C)c(Cl)c1. The maximum absolute atomic E-state index is 6.06. The third-order valence-corrected chi connectivity index (χ3v) is 2.65. The van der Waals surface area contributed by atoms with Gasteiger partial charge in [0.05, 0.1) is 5.02 Å². The summed E-state index contributed by atoms with van der Waals surface area (Å²) in [5.41, 5.74) is 1.14. The van der Waals surface area contributed by atoms with E-state index >= 15 is 0 Å². The molecule has 0 aliphatic heterocycles. The minimum atomic E-state index is 0.635. The van der Waals surface area contributed by atoms with E-state index in [4.69, 9.17) is 16.3 Å². The van der Waals surface area contributed by atoms with Crippen molar-refractivity contribution in [1.82, 2.24) is 10.2 Å². The largest absolute Gasteiger partial charge is 0.491 e. The topological polar surface area (TPSA) is 24.5 Å². The normalized spacial score (nSPS) is 10.9. The standard InChI is InChI=1S/C13H21ClN2O/c1-11-4-5-13(12(14)10-11)17-9-7-15-6-8-16(2)3/h4-5,10,15H,6-9H2,1-3H3. The second kappa shape index (κ2) is 7.54. The lowest BCUT2D eigenvalue weighted by atomic mass is 10.2. The Morgan fingerprint density at radius 3 is 2.71 bits per heavy atom. The molecule has 0 spiro atoms. The Bertz CT molecular complexity index is 342. The molecule has 0 aromatic heterocycles. The van der Waals surface area contributed by atoms with Crippen LogP contribution in [0.4, 0.5) is 0 Å². The Hall–Kier alpha value is -0.770. The molecule has 0 saturated heterocycles. The minimum absolute atomic E-state index is 0.635. The monoisotopic (exact) mass is 256 g/mol. The van der Waals surface area contributed by atoms with Gasteiger partial charge in [0.2, 0.25) is 0 Å². The average Bonchev–Trinajstić information content (AvgIpc) is 2.25. The predicted octanol–water partition coefficient (Wildman–Crippen LogP) is 2.18. The van der Waals surface area contributed by atoms with Gasteiger partial charge in [0.15, 0.2) is 0 Å². The number of ether oxygens (including phenoxy) is 1. The number of benzene rings is 1. The van der Waals surface area contributed by atoms with E-state index in [1.165, 1.54) is 0 Å². The first-order valence-corrected chi connectivity index (χ1v) is 6.22. The molecule has 1 aromatic carbocycles. The molecule has 0 heterocycles. The van der Waals surface area contributed by atoms with E-state index in [1.54, 1.807) is 0 Å². The summed E-state index contributed by atoms with van der Waals surface area (Å²) < 4.78 is 5.59. The van der Waals surface area contributed by atoms with Gasteiger partial charge in [0, 0.05) is 19.6 Å². The van der Waals surface area contributed by atoms with Crippen LogP contribution in [0.1, 0.15) is 5.56 Å². The highest BCUT2D eigenvalue weighted by molar-refractivity contribution is 6.32. The molecule has 0 atom stereocenters. The number of likely N-dealkylation sites (N-methyl/N-ethyl adjacent to an activating group) is 1. The highest BCUT2D eigenvalue weighted by Crippen LogP contribution is 2.24. The van der Waals surface area contributed by atoms with Crippen LogP contribution in [0.15, 0.2) is 18.2 Å². The van der Waals surface area contributed by atoms with Gasteiger partial charge in [-0.1, -0.05) is 17.7 Å². The fraction of sp³-hybridized carbons (Fsp3) is 0.538. The summed E-state index contributed by atoms with van der Waals surface area (Å²) in [7, 11) is 4.12. The third kappa shape index (κ3) is 5.91. The number of nitrogens with zero attached hydrogens (tertiary/aromatic N) is 1. The number of halogens is 1. The van der Waals surface area contributed by atoms with Gasteiger partial charge in [-0.15, -0.1) is 0 Å². The van der Waals surface area contributed by atoms with Gasteiger partial charge in [-0.3, -0.25) is 0 Å². The number of rotatable bonds is 7. The fourth-order valence-corrected chi connectivity index (χ4v) is 1.67. The molecule has 0 bridgehead atoms. The van der Waals surface area contributed by atoms with Crippen LogP contribution < -0.4 is 10.1 Å². The Morgan fingerprint density at radius 2 is 2.06 bits per heavy atom. The smallest absolute Gasteiger partial charge is 0.137 e. The van der Waals surface area contributed by atoms with E-state index in [-0.39, 0.29) is 0 Å². The molecule has 0 aliphatic carbocycles. The average molecular weight is 257 g/mol. The van der Waals surface area contributed by atoms with Crippen molar-refractivity contribution >= 4 is 11.6 Å². The first-order chi connectivity index (χ1) is 8.09. The summed E-state index contributed by atoms with van der Waals surface area (Å²) in [6, 6.07) is 5.83. The first kappa shape index (κ1) is 14.3. The van der Waals surface area contributed by atoms with Crippen LogP contribution in [-0.2, 0) is 0 Å². The maximum Gasteiger partial charge on any atom is 0.137 e. The number of aryl methyl sites for hydroxylation is 1. The van der Waals surface area contributed by atoms with Gasteiger partial charge in [-0.2, -0.15) is 0 Å². The zero-order valence-electron chi connectivity index (χ0n) is 10.8. The summed E-state index contributed by atoms with van der Waals surface area (Å²) in [4.78, 5) is 2.14. The molecule has 96 valence electrons. The Kier molecular flexibility index (Phi) is 6.34. The van der Waals surface area contributed by atoms with Crippen LogP contribution in [0.2, 0.25) is 5.02 Å². The molecule has 0 aliphatic rings. The molecular formula is C13H21ClN2O. The molecule has 4 heteroatoms. The minimum Gasteiger partial charge on any atom is -0.491 e. The van der Waals surface area contributed by atoms with Crippen molar-refractivity contribution in [1.29, 1.82) is 0 Å². The van der Waals surface area contributed by atoms with Gasteiger partial charge in [0.1, 0.15) is 12.4 Å². The van der Waals surface area contributed by atoms with Crippen molar-refractivity contribution < 1.29 is 4.74 Å². The van der Waals surface area contributed by atoms with E-state index in [9.17, 15) is 0 Å². The van der Waals surface area contributed by atoms with Crippen molar-refractivity contribution in [3.63, 3.8) is 0 Å². The first-order valence-electron chi connectivity index (χ1n) is 5.84. The zero-order chi connectivity index (χ0) is 12.7. The summed E-state index contributed by atoms with van der Waals surface area (Å²) in [5.74, 6) is 0.756. The summed E-state index contributed by atoms with van der Waals surface area (Å²) in [6.45, 7) is 5.48. The lowest BCUT2D eigenvalue weighted by Crippen LogP contribution is -2.29. The highest BCUT2D eigenvalue weighted by atomic mass is 35.5. The van der Waals surface area contributed by atoms with Crippen LogP contribution in [-0.4, -0.2) is 45.2 Å².